The molecular weight excluding hydrogens is 97.0 g/mol. The standard InChI is InChI=1S/CH4O.3Na.3H/c1-2;;;;;;/h2H,1H3;;;;;;/q;3*+1;3*-1. The van der Waals surface area contributed by atoms with Crippen LogP contribution in [0.3, 0.4) is 0 Å². The first-order valence-electron chi connectivity index (χ1n) is 0.447. The topological polar surface area (TPSA) is 20.2 Å². The second kappa shape index (κ2) is 28.2. The van der Waals surface area contributed by atoms with Crippen molar-refractivity contribution in [1.82, 2.24) is 0 Å². The van der Waals surface area contributed by atoms with E-state index in [9.17, 15) is 0 Å². The van der Waals surface area contributed by atoms with E-state index in [-0.39, 0.29) is 93.0 Å². The Hall–Kier alpha value is 2.96. The molecule has 0 aliphatic heterocycles. The van der Waals surface area contributed by atoms with Gasteiger partial charge in [0.1, 0.15) is 0 Å². The Bertz CT molecular complexity index is 14.5. The summed E-state index contributed by atoms with van der Waals surface area (Å²) in [4.78, 5) is 0. The molecular formula is CH7Na3O. The zero-order chi connectivity index (χ0) is 2.00. The van der Waals surface area contributed by atoms with E-state index in [1.807, 2.05) is 0 Å². The molecule has 0 amide bonds. The summed E-state index contributed by atoms with van der Waals surface area (Å²) >= 11 is 0. The molecule has 0 bridgehead atoms. The second-order valence-electron chi connectivity index (χ2n) is 0. The Kier molecular flexibility index (Phi) is 139. The van der Waals surface area contributed by atoms with E-state index < -0.39 is 0 Å². The molecule has 5 heavy (non-hydrogen) atoms. The van der Waals surface area contributed by atoms with Gasteiger partial charge in [-0.3, -0.25) is 0 Å². The van der Waals surface area contributed by atoms with Gasteiger partial charge in [0.05, 0.1) is 0 Å². The van der Waals surface area contributed by atoms with E-state index in [1.165, 1.54) is 0 Å². The molecule has 0 aliphatic rings. The van der Waals surface area contributed by atoms with E-state index in [0.29, 0.717) is 0 Å². The second-order valence-corrected chi connectivity index (χ2v) is 0. The summed E-state index contributed by atoms with van der Waals surface area (Å²) in [6.07, 6.45) is 0. The van der Waals surface area contributed by atoms with Gasteiger partial charge in [0.15, 0.2) is 0 Å². The minimum Gasteiger partial charge on any atom is -1.00 e. The molecule has 0 aliphatic carbocycles. The monoisotopic (exact) mass is 104 g/mol. The van der Waals surface area contributed by atoms with Gasteiger partial charge in [0.2, 0.25) is 0 Å². The molecule has 0 unspecified atom stereocenters. The molecule has 0 aromatic rings. The Labute approximate surface area is 103 Å². The molecule has 0 heterocycles. The van der Waals surface area contributed by atoms with Crippen LogP contribution in [0.1, 0.15) is 4.28 Å². The number of rotatable bonds is 0. The van der Waals surface area contributed by atoms with Crippen molar-refractivity contribution in [3.63, 3.8) is 0 Å². The molecule has 0 saturated carbocycles. The zero-order valence-corrected chi connectivity index (χ0v) is 10.4. The first kappa shape index (κ1) is 24.6. The summed E-state index contributed by atoms with van der Waals surface area (Å²) in [5.74, 6) is 0. The molecule has 1 N–H and O–H groups in total. The van der Waals surface area contributed by atoms with Crippen LogP contribution in [-0.4, -0.2) is 12.2 Å². The molecule has 0 aromatic carbocycles. The molecule has 0 atom stereocenters. The van der Waals surface area contributed by atoms with Gasteiger partial charge < -0.3 is 9.39 Å². The third kappa shape index (κ3) is 19.5. The SMILES string of the molecule is CO.[H-].[H-].[H-].[Na+].[Na+].[Na+]. The summed E-state index contributed by atoms with van der Waals surface area (Å²) in [5.41, 5.74) is 0. The van der Waals surface area contributed by atoms with Crippen LogP contribution in [0, 0.1) is 0 Å². The van der Waals surface area contributed by atoms with Crippen LogP contribution < -0.4 is 88.7 Å². The van der Waals surface area contributed by atoms with Gasteiger partial charge in [-0.1, -0.05) is 0 Å². The van der Waals surface area contributed by atoms with E-state index in [1.54, 1.807) is 0 Å². The number of aliphatic hydroxyl groups excluding tert-OH is 1. The van der Waals surface area contributed by atoms with E-state index in [0.717, 1.165) is 7.11 Å². The van der Waals surface area contributed by atoms with Gasteiger partial charge in [-0.05, 0) is 0 Å². The van der Waals surface area contributed by atoms with Gasteiger partial charge >= 0.3 is 88.7 Å². The third-order valence-corrected chi connectivity index (χ3v) is 0. The Morgan fingerprint density at radius 1 is 1.00 bits per heavy atom. The zero-order valence-electron chi connectivity index (χ0n) is 7.45. The maximum absolute atomic E-state index is 7.00. The third-order valence-electron chi connectivity index (χ3n) is 0. The van der Waals surface area contributed by atoms with Crippen molar-refractivity contribution in [2.75, 3.05) is 7.11 Å². The van der Waals surface area contributed by atoms with E-state index >= 15 is 0 Å². The average Bonchev–Trinajstić information content (AvgIpc) is 1.00. The van der Waals surface area contributed by atoms with Crippen molar-refractivity contribution in [3.8, 4) is 0 Å². The van der Waals surface area contributed by atoms with Crippen molar-refractivity contribution >= 4 is 0 Å². The Balaban J connectivity index is -0.000000000333. The quantitative estimate of drug-likeness (QED) is 0.302. The molecule has 0 rings (SSSR count). The minimum absolute atomic E-state index is 0. The number of hydrogen-bond acceptors (Lipinski definition) is 1. The van der Waals surface area contributed by atoms with E-state index in [4.69, 9.17) is 5.11 Å². The van der Waals surface area contributed by atoms with Crippen molar-refractivity contribution in [3.05, 3.63) is 0 Å². The molecule has 0 fully saturated rings. The summed E-state index contributed by atoms with van der Waals surface area (Å²) in [5, 5.41) is 7.00. The van der Waals surface area contributed by atoms with Crippen molar-refractivity contribution in [1.29, 1.82) is 0 Å². The van der Waals surface area contributed by atoms with Crippen LogP contribution in [0.15, 0.2) is 0 Å². The summed E-state index contributed by atoms with van der Waals surface area (Å²) < 4.78 is 0. The van der Waals surface area contributed by atoms with Gasteiger partial charge in [-0.15, -0.1) is 0 Å². The molecule has 20 valence electrons. The van der Waals surface area contributed by atoms with Crippen LogP contribution in [0.5, 0.6) is 0 Å². The first-order chi connectivity index (χ1) is 1.00. The van der Waals surface area contributed by atoms with Crippen molar-refractivity contribution in [2.45, 2.75) is 0 Å². The average molecular weight is 104 g/mol. The Morgan fingerprint density at radius 2 is 1.00 bits per heavy atom. The van der Waals surface area contributed by atoms with Crippen LogP contribution in [0.2, 0.25) is 0 Å². The van der Waals surface area contributed by atoms with Crippen molar-refractivity contribution < 1.29 is 98.1 Å². The van der Waals surface area contributed by atoms with Crippen molar-refractivity contribution in [2.24, 2.45) is 0 Å². The maximum atomic E-state index is 7.00. The van der Waals surface area contributed by atoms with Gasteiger partial charge in [0.25, 0.3) is 0 Å². The molecule has 1 nitrogen and oxygen atoms in total. The number of aliphatic hydroxyl groups is 1. The summed E-state index contributed by atoms with van der Waals surface area (Å²) in [7, 11) is 1.00. The van der Waals surface area contributed by atoms with Gasteiger partial charge in [-0.2, -0.15) is 0 Å². The molecule has 4 heteroatoms. The first-order valence-corrected chi connectivity index (χ1v) is 0.447. The molecule has 0 aromatic heterocycles. The largest absolute Gasteiger partial charge is 1.00 e. The van der Waals surface area contributed by atoms with Gasteiger partial charge in [-0.25, -0.2) is 0 Å². The van der Waals surface area contributed by atoms with Crippen LogP contribution in [-0.2, 0) is 0 Å². The fourth-order valence-corrected chi connectivity index (χ4v) is 0. The summed E-state index contributed by atoms with van der Waals surface area (Å²) in [6.45, 7) is 0. The molecule has 0 radical (unpaired) electrons. The minimum atomic E-state index is 0. The number of hydrogen-bond donors (Lipinski definition) is 1. The van der Waals surface area contributed by atoms with Crippen LogP contribution in [0.25, 0.3) is 0 Å². The predicted octanol–water partition coefficient (Wildman–Crippen LogP) is -9.04. The smallest absolute Gasteiger partial charge is 1.00 e. The fraction of sp³-hybridized carbons (Fsp3) is 1.00. The van der Waals surface area contributed by atoms with E-state index in [2.05, 4.69) is 0 Å². The van der Waals surface area contributed by atoms with Gasteiger partial charge in [0, 0.05) is 7.11 Å². The van der Waals surface area contributed by atoms with Crippen LogP contribution >= 0.6 is 0 Å². The summed E-state index contributed by atoms with van der Waals surface area (Å²) in [6, 6.07) is 0. The molecule has 0 spiro atoms. The molecule has 0 saturated heterocycles. The maximum Gasteiger partial charge on any atom is 1.00 e. The Morgan fingerprint density at radius 3 is 1.00 bits per heavy atom. The van der Waals surface area contributed by atoms with Crippen LogP contribution in [0.4, 0.5) is 0 Å². The predicted molar refractivity (Wildman–Crippen MR) is 11.5 cm³/mol. The normalized spacial score (nSPS) is 1.20. The fourth-order valence-electron chi connectivity index (χ4n) is 0.